The topological polar surface area (TPSA) is 105 Å². The summed E-state index contributed by atoms with van der Waals surface area (Å²) in [4.78, 5) is 24.5. The molecule has 6 nitrogen and oxygen atoms in total. The number of anilines is 2. The van der Waals surface area contributed by atoms with Crippen molar-refractivity contribution in [3.63, 3.8) is 0 Å². The number of nitrogens with two attached hydrogens (primary N) is 2. The molecular weight excluding hydrogens is 356 g/mol. The van der Waals surface area contributed by atoms with Crippen LogP contribution in [-0.2, 0) is 0 Å². The fourth-order valence-electron chi connectivity index (χ4n) is 2.51. The van der Waals surface area contributed by atoms with Crippen molar-refractivity contribution in [1.82, 2.24) is 0 Å². The largest absolute Gasteiger partial charge is 0.483 e. The highest BCUT2D eigenvalue weighted by atomic mass is 16.5. The highest BCUT2D eigenvalue weighted by Crippen LogP contribution is 2.21. The average molecular weight is 376 g/mol. The quantitative estimate of drug-likeness (QED) is 0.294. The third-order valence-electron chi connectivity index (χ3n) is 4.06. The van der Waals surface area contributed by atoms with Crippen LogP contribution in [0.2, 0.25) is 0 Å². The molecule has 3 rings (SSSR count). The van der Waals surface area contributed by atoms with Crippen LogP contribution in [-0.4, -0.2) is 17.9 Å². The summed E-state index contributed by atoms with van der Waals surface area (Å²) in [6.45, 7) is 1.67. The van der Waals surface area contributed by atoms with Gasteiger partial charge in [0.05, 0.1) is 5.56 Å². The van der Waals surface area contributed by atoms with E-state index in [0.717, 1.165) is 0 Å². The average Bonchev–Trinajstić information content (AvgIpc) is 2.70. The van der Waals surface area contributed by atoms with Crippen LogP contribution in [0.25, 0.3) is 0 Å². The summed E-state index contributed by atoms with van der Waals surface area (Å²) in [5.74, 6) is 0.217. The Morgan fingerprint density at radius 1 is 0.714 bits per heavy atom. The van der Waals surface area contributed by atoms with Crippen LogP contribution in [0.15, 0.2) is 72.8 Å². The van der Waals surface area contributed by atoms with Gasteiger partial charge >= 0.3 is 5.97 Å². The zero-order chi connectivity index (χ0) is 20.1. The molecule has 0 saturated carbocycles. The number of hydrogen-bond donors (Lipinski definition) is 2. The molecule has 0 saturated heterocycles. The van der Waals surface area contributed by atoms with Crippen LogP contribution in [0.3, 0.4) is 0 Å². The van der Waals surface area contributed by atoms with Gasteiger partial charge in [0.2, 0.25) is 5.78 Å². The summed E-state index contributed by atoms with van der Waals surface area (Å²) in [6.07, 6.45) is -0.674. The molecule has 0 heterocycles. The minimum absolute atomic E-state index is 0.154. The van der Waals surface area contributed by atoms with Gasteiger partial charge in [-0.05, 0) is 79.7 Å². The second-order valence-corrected chi connectivity index (χ2v) is 6.23. The molecule has 0 aromatic heterocycles. The minimum atomic E-state index is -0.674. The van der Waals surface area contributed by atoms with Gasteiger partial charge in [-0.15, -0.1) is 0 Å². The number of benzene rings is 3. The van der Waals surface area contributed by atoms with Crippen molar-refractivity contribution in [1.29, 1.82) is 0 Å². The number of Topliss-reactive ketones (excluding diaryl/α,β-unsaturated/α-hetero) is 1. The fraction of sp³-hybridized carbons (Fsp3) is 0.0909. The van der Waals surface area contributed by atoms with Gasteiger partial charge in [-0.1, -0.05) is 0 Å². The van der Waals surface area contributed by atoms with Gasteiger partial charge in [-0.25, -0.2) is 4.79 Å². The molecule has 0 bridgehead atoms. The Hall–Kier alpha value is -3.80. The van der Waals surface area contributed by atoms with E-state index in [1.807, 2.05) is 0 Å². The molecule has 0 aliphatic heterocycles. The first-order valence-electron chi connectivity index (χ1n) is 8.66. The molecule has 0 radical (unpaired) electrons. The fourth-order valence-corrected chi connectivity index (χ4v) is 2.51. The Kier molecular flexibility index (Phi) is 5.60. The van der Waals surface area contributed by atoms with Crippen LogP contribution in [0.4, 0.5) is 11.4 Å². The predicted octanol–water partition coefficient (Wildman–Crippen LogP) is 3.72. The SMILES string of the molecule is CC(Oc1ccc(OC(=O)c2ccc(N)cc2)cc1)C(=O)c1ccc(N)cc1. The first kappa shape index (κ1) is 19.0. The maximum absolute atomic E-state index is 12.4. The zero-order valence-electron chi connectivity index (χ0n) is 15.3. The van der Waals surface area contributed by atoms with Gasteiger partial charge in [0.25, 0.3) is 0 Å². The smallest absolute Gasteiger partial charge is 0.343 e. The normalized spacial score (nSPS) is 11.5. The zero-order valence-corrected chi connectivity index (χ0v) is 15.3. The molecule has 28 heavy (non-hydrogen) atoms. The molecule has 4 N–H and O–H groups in total. The molecule has 1 atom stereocenters. The van der Waals surface area contributed by atoms with Crippen LogP contribution >= 0.6 is 0 Å². The van der Waals surface area contributed by atoms with E-state index < -0.39 is 12.1 Å². The number of rotatable bonds is 6. The van der Waals surface area contributed by atoms with E-state index in [2.05, 4.69) is 0 Å². The molecule has 0 aliphatic rings. The first-order valence-corrected chi connectivity index (χ1v) is 8.66. The first-order chi connectivity index (χ1) is 13.4. The molecule has 0 aliphatic carbocycles. The molecule has 0 spiro atoms. The molecule has 0 amide bonds. The highest BCUT2D eigenvalue weighted by Gasteiger charge is 2.17. The van der Waals surface area contributed by atoms with Crippen LogP contribution in [0.5, 0.6) is 11.5 Å². The summed E-state index contributed by atoms with van der Waals surface area (Å²) >= 11 is 0. The lowest BCUT2D eigenvalue weighted by Crippen LogP contribution is -2.23. The lowest BCUT2D eigenvalue weighted by atomic mass is 10.1. The molecule has 3 aromatic rings. The van der Waals surface area contributed by atoms with Crippen LogP contribution in [0, 0.1) is 0 Å². The molecule has 0 fully saturated rings. The standard InChI is InChI=1S/C22H20N2O4/c1-14(21(25)15-2-6-17(23)7-3-15)27-19-10-12-20(13-11-19)28-22(26)16-4-8-18(24)9-5-16/h2-14H,23-24H2,1H3. The van der Waals surface area contributed by atoms with Gasteiger partial charge in [-0.2, -0.15) is 0 Å². The number of carbonyl (C=O) groups is 2. The monoisotopic (exact) mass is 376 g/mol. The lowest BCUT2D eigenvalue weighted by molar-refractivity contribution is 0.0734. The Bertz CT molecular complexity index is 965. The second-order valence-electron chi connectivity index (χ2n) is 6.23. The Labute approximate surface area is 162 Å². The lowest BCUT2D eigenvalue weighted by Gasteiger charge is -2.14. The predicted molar refractivity (Wildman–Crippen MR) is 108 cm³/mol. The third kappa shape index (κ3) is 4.67. The molecule has 3 aromatic carbocycles. The maximum Gasteiger partial charge on any atom is 0.343 e. The van der Waals surface area contributed by atoms with Crippen molar-refractivity contribution in [3.05, 3.63) is 83.9 Å². The summed E-state index contributed by atoms with van der Waals surface area (Å²) in [6, 6.07) is 19.6. The Balaban J connectivity index is 1.60. The van der Waals surface area contributed by atoms with Gasteiger partial charge in [0, 0.05) is 16.9 Å². The van der Waals surface area contributed by atoms with Gasteiger partial charge in [-0.3, -0.25) is 4.79 Å². The molecule has 6 heteroatoms. The van der Waals surface area contributed by atoms with E-state index in [1.165, 1.54) is 0 Å². The van der Waals surface area contributed by atoms with Gasteiger partial charge in [0.15, 0.2) is 6.10 Å². The van der Waals surface area contributed by atoms with Crippen molar-refractivity contribution in [2.24, 2.45) is 0 Å². The minimum Gasteiger partial charge on any atom is -0.483 e. The summed E-state index contributed by atoms with van der Waals surface area (Å²) in [7, 11) is 0. The number of nitrogen functional groups attached to an aromatic ring is 2. The Morgan fingerprint density at radius 3 is 1.71 bits per heavy atom. The van der Waals surface area contributed by atoms with Crippen LogP contribution < -0.4 is 20.9 Å². The number of ketones is 1. The molecule has 1 unspecified atom stereocenters. The van der Waals surface area contributed by atoms with E-state index in [4.69, 9.17) is 20.9 Å². The van der Waals surface area contributed by atoms with Crippen molar-refractivity contribution >= 4 is 23.1 Å². The van der Waals surface area contributed by atoms with E-state index in [-0.39, 0.29) is 5.78 Å². The van der Waals surface area contributed by atoms with E-state index in [9.17, 15) is 9.59 Å². The van der Waals surface area contributed by atoms with Crippen LogP contribution in [0.1, 0.15) is 27.6 Å². The van der Waals surface area contributed by atoms with Gasteiger partial charge in [0.1, 0.15) is 11.5 Å². The van der Waals surface area contributed by atoms with E-state index in [0.29, 0.717) is 34.0 Å². The van der Waals surface area contributed by atoms with Gasteiger partial charge < -0.3 is 20.9 Å². The van der Waals surface area contributed by atoms with E-state index in [1.54, 1.807) is 79.7 Å². The van der Waals surface area contributed by atoms with Crippen molar-refractivity contribution < 1.29 is 19.1 Å². The highest BCUT2D eigenvalue weighted by molar-refractivity contribution is 5.99. The third-order valence-corrected chi connectivity index (χ3v) is 4.06. The molecule has 142 valence electrons. The van der Waals surface area contributed by atoms with Crippen molar-refractivity contribution in [2.75, 3.05) is 11.5 Å². The molecular formula is C22H20N2O4. The van der Waals surface area contributed by atoms with E-state index >= 15 is 0 Å². The number of esters is 1. The maximum atomic E-state index is 12.4. The second kappa shape index (κ2) is 8.26. The number of carbonyl (C=O) groups excluding carboxylic acids is 2. The number of ether oxygens (including phenoxy) is 2. The van der Waals surface area contributed by atoms with Crippen molar-refractivity contribution in [3.8, 4) is 11.5 Å². The summed E-state index contributed by atoms with van der Waals surface area (Å²) in [5, 5.41) is 0. The van der Waals surface area contributed by atoms with Crippen molar-refractivity contribution in [2.45, 2.75) is 13.0 Å². The number of hydrogen-bond acceptors (Lipinski definition) is 6. The summed E-state index contributed by atoms with van der Waals surface area (Å²) < 4.78 is 11.0. The Morgan fingerprint density at radius 2 is 1.18 bits per heavy atom. The summed E-state index contributed by atoms with van der Waals surface area (Å²) in [5.41, 5.74) is 13.3.